The zero-order valence-electron chi connectivity index (χ0n) is 17.9. The van der Waals surface area contributed by atoms with Gasteiger partial charge in [-0.2, -0.15) is 0 Å². The number of aryl methyl sites for hydroxylation is 1. The highest BCUT2D eigenvalue weighted by atomic mass is 16.5. The second kappa shape index (κ2) is 7.29. The van der Waals surface area contributed by atoms with Crippen LogP contribution in [0.5, 0.6) is 5.75 Å². The van der Waals surface area contributed by atoms with Crippen LogP contribution in [-0.2, 0) is 6.54 Å². The minimum absolute atomic E-state index is 0.186. The van der Waals surface area contributed by atoms with Gasteiger partial charge in [0.2, 0.25) is 0 Å². The summed E-state index contributed by atoms with van der Waals surface area (Å²) in [5, 5.41) is 0. The second-order valence-corrected chi connectivity index (χ2v) is 9.26. The van der Waals surface area contributed by atoms with Crippen molar-refractivity contribution in [2.24, 2.45) is 5.92 Å². The van der Waals surface area contributed by atoms with Crippen LogP contribution in [0.15, 0.2) is 36.4 Å². The number of aromatic nitrogens is 2. The van der Waals surface area contributed by atoms with E-state index in [1.807, 2.05) is 17.9 Å². The maximum absolute atomic E-state index is 13.4. The molecule has 2 bridgehead atoms. The zero-order chi connectivity index (χ0) is 20.9. The molecule has 160 valence electrons. The number of hydrogen-bond acceptors (Lipinski definition) is 3. The molecule has 3 fully saturated rings. The first-order chi connectivity index (χ1) is 15.1. The fourth-order valence-electron chi connectivity index (χ4n) is 5.54. The molecule has 1 saturated carbocycles. The molecule has 6 heteroatoms. The van der Waals surface area contributed by atoms with Crippen molar-refractivity contribution in [3.8, 4) is 16.9 Å². The van der Waals surface area contributed by atoms with Crippen LogP contribution in [0.2, 0.25) is 0 Å². The number of H-pyrrole nitrogens is 1. The molecular formula is C25H28N4O2. The molecule has 2 aromatic carbocycles. The van der Waals surface area contributed by atoms with Crippen LogP contribution in [0.25, 0.3) is 22.2 Å². The van der Waals surface area contributed by atoms with E-state index in [-0.39, 0.29) is 6.03 Å². The third-order valence-corrected chi connectivity index (χ3v) is 7.20. The Morgan fingerprint density at radius 1 is 1.10 bits per heavy atom. The van der Waals surface area contributed by atoms with E-state index in [0.717, 1.165) is 58.7 Å². The SMILES string of the molecule is Cc1nc2ccc(-c3ccc4c(c3)CN(C(=O)N3CC5CCC3CC5)CCO4)cc2[nH]1. The summed E-state index contributed by atoms with van der Waals surface area (Å²) >= 11 is 0. The van der Waals surface area contributed by atoms with Crippen LogP contribution in [0.3, 0.4) is 0 Å². The number of piperidine rings is 2. The molecule has 3 aromatic rings. The van der Waals surface area contributed by atoms with E-state index in [9.17, 15) is 4.79 Å². The normalized spacial score (nSPS) is 22.9. The number of nitrogens with one attached hydrogen (secondary N) is 1. The van der Waals surface area contributed by atoms with Gasteiger partial charge in [0.25, 0.3) is 0 Å². The summed E-state index contributed by atoms with van der Waals surface area (Å²) in [4.78, 5) is 25.3. The molecule has 2 amide bonds. The summed E-state index contributed by atoms with van der Waals surface area (Å²) in [5.74, 6) is 2.50. The summed E-state index contributed by atoms with van der Waals surface area (Å²) in [6.07, 6.45) is 4.89. The van der Waals surface area contributed by atoms with E-state index in [1.54, 1.807) is 0 Å². The number of amides is 2. The van der Waals surface area contributed by atoms with Crippen LogP contribution in [0, 0.1) is 12.8 Å². The van der Waals surface area contributed by atoms with E-state index in [1.165, 1.54) is 12.8 Å². The van der Waals surface area contributed by atoms with Crippen molar-refractivity contribution < 1.29 is 9.53 Å². The standard InChI is InChI=1S/C25H28N4O2/c1-16-26-22-8-4-19(13-23(22)27-16)18-5-9-24-20(12-18)15-28(10-11-31-24)25(30)29-14-17-2-6-21(29)7-3-17/h4-5,8-9,12-13,17,21H,2-3,6-7,10-11,14-15H2,1H3,(H,26,27). The summed E-state index contributed by atoms with van der Waals surface area (Å²) in [7, 11) is 0. The number of ether oxygens (including phenoxy) is 1. The van der Waals surface area contributed by atoms with Crippen molar-refractivity contribution in [2.75, 3.05) is 19.7 Å². The molecule has 0 atom stereocenters. The van der Waals surface area contributed by atoms with Gasteiger partial charge in [0.05, 0.1) is 24.1 Å². The third-order valence-electron chi connectivity index (χ3n) is 7.20. The average Bonchev–Trinajstić information content (AvgIpc) is 3.04. The number of rotatable bonds is 1. The van der Waals surface area contributed by atoms with Crippen molar-refractivity contribution in [3.05, 3.63) is 47.8 Å². The van der Waals surface area contributed by atoms with E-state index < -0.39 is 0 Å². The van der Waals surface area contributed by atoms with Crippen LogP contribution in [-0.4, -0.2) is 51.5 Å². The van der Waals surface area contributed by atoms with Crippen molar-refractivity contribution in [1.82, 2.24) is 19.8 Å². The molecule has 0 spiro atoms. The first-order valence-corrected chi connectivity index (χ1v) is 11.4. The highest BCUT2D eigenvalue weighted by molar-refractivity contribution is 5.82. The lowest BCUT2D eigenvalue weighted by Crippen LogP contribution is -2.55. The molecule has 0 unspecified atom stereocenters. The number of imidazole rings is 1. The number of carbonyl (C=O) groups is 1. The number of fused-ring (bicyclic) bond motifs is 5. The fourth-order valence-corrected chi connectivity index (χ4v) is 5.54. The summed E-state index contributed by atoms with van der Waals surface area (Å²) in [6, 6.07) is 13.2. The number of benzene rings is 2. The van der Waals surface area contributed by atoms with E-state index in [0.29, 0.717) is 31.7 Å². The minimum atomic E-state index is 0.186. The van der Waals surface area contributed by atoms with Gasteiger partial charge in [-0.05, 0) is 73.9 Å². The number of hydrogen-bond donors (Lipinski definition) is 1. The predicted octanol–water partition coefficient (Wildman–Crippen LogP) is 4.73. The van der Waals surface area contributed by atoms with Gasteiger partial charge in [0.15, 0.2) is 0 Å². The molecule has 1 aromatic heterocycles. The maximum Gasteiger partial charge on any atom is 0.320 e. The Hall–Kier alpha value is -3.02. The van der Waals surface area contributed by atoms with Crippen molar-refractivity contribution in [2.45, 2.75) is 45.2 Å². The smallest absolute Gasteiger partial charge is 0.320 e. The summed E-state index contributed by atoms with van der Waals surface area (Å²) in [6.45, 7) is 4.67. The van der Waals surface area contributed by atoms with Gasteiger partial charge >= 0.3 is 6.03 Å². The maximum atomic E-state index is 13.4. The number of aromatic amines is 1. The van der Waals surface area contributed by atoms with E-state index in [4.69, 9.17) is 4.74 Å². The third kappa shape index (κ3) is 3.34. The van der Waals surface area contributed by atoms with Gasteiger partial charge in [-0.25, -0.2) is 9.78 Å². The molecule has 1 aliphatic carbocycles. The highest BCUT2D eigenvalue weighted by Crippen LogP contribution is 2.36. The Balaban J connectivity index is 1.28. The Bertz CT molecular complexity index is 1150. The lowest BCUT2D eigenvalue weighted by molar-refractivity contribution is 0.0535. The van der Waals surface area contributed by atoms with Crippen molar-refractivity contribution >= 4 is 17.1 Å². The lowest BCUT2D eigenvalue weighted by atomic mass is 9.80. The van der Waals surface area contributed by atoms with Crippen LogP contribution < -0.4 is 4.74 Å². The predicted molar refractivity (Wildman–Crippen MR) is 120 cm³/mol. The van der Waals surface area contributed by atoms with Crippen LogP contribution >= 0.6 is 0 Å². The minimum Gasteiger partial charge on any atom is -0.491 e. The van der Waals surface area contributed by atoms with E-state index >= 15 is 0 Å². The first kappa shape index (κ1) is 18.7. The number of carbonyl (C=O) groups excluding carboxylic acids is 1. The molecule has 7 rings (SSSR count). The molecule has 1 N–H and O–H groups in total. The number of urea groups is 1. The monoisotopic (exact) mass is 416 g/mol. The summed E-state index contributed by atoms with van der Waals surface area (Å²) in [5.41, 5.74) is 5.36. The van der Waals surface area contributed by atoms with Gasteiger partial charge in [-0.1, -0.05) is 12.1 Å². The first-order valence-electron chi connectivity index (χ1n) is 11.4. The molecule has 2 saturated heterocycles. The molecule has 31 heavy (non-hydrogen) atoms. The summed E-state index contributed by atoms with van der Waals surface area (Å²) < 4.78 is 6.01. The lowest BCUT2D eigenvalue weighted by Gasteiger charge is -2.46. The second-order valence-electron chi connectivity index (χ2n) is 9.26. The quantitative estimate of drug-likeness (QED) is 0.624. The fraction of sp³-hybridized carbons (Fsp3) is 0.440. The zero-order valence-corrected chi connectivity index (χ0v) is 17.9. The molecule has 4 heterocycles. The largest absolute Gasteiger partial charge is 0.491 e. The Morgan fingerprint density at radius 3 is 2.71 bits per heavy atom. The van der Waals surface area contributed by atoms with Crippen molar-refractivity contribution in [3.63, 3.8) is 0 Å². The topological polar surface area (TPSA) is 61.5 Å². The number of nitrogens with zero attached hydrogens (tertiary/aromatic N) is 3. The van der Waals surface area contributed by atoms with Gasteiger partial charge in [0, 0.05) is 18.2 Å². The highest BCUT2D eigenvalue weighted by Gasteiger charge is 2.38. The molecule has 4 aliphatic rings. The molecule has 3 aliphatic heterocycles. The van der Waals surface area contributed by atoms with Gasteiger partial charge in [-0.15, -0.1) is 0 Å². The van der Waals surface area contributed by atoms with Gasteiger partial charge in [-0.3, -0.25) is 0 Å². The molecule has 0 radical (unpaired) electrons. The van der Waals surface area contributed by atoms with Gasteiger partial charge < -0.3 is 19.5 Å². The molecule has 6 nitrogen and oxygen atoms in total. The van der Waals surface area contributed by atoms with Gasteiger partial charge in [0.1, 0.15) is 18.2 Å². The van der Waals surface area contributed by atoms with Crippen LogP contribution in [0.1, 0.15) is 37.1 Å². The Labute approximate surface area is 182 Å². The Kier molecular flexibility index (Phi) is 4.40. The average molecular weight is 417 g/mol. The van der Waals surface area contributed by atoms with Crippen molar-refractivity contribution in [1.29, 1.82) is 0 Å². The molecular weight excluding hydrogens is 388 g/mol. The van der Waals surface area contributed by atoms with Crippen LogP contribution in [0.4, 0.5) is 4.79 Å². The Morgan fingerprint density at radius 2 is 1.90 bits per heavy atom. The van der Waals surface area contributed by atoms with E-state index in [2.05, 4.69) is 45.2 Å².